The summed E-state index contributed by atoms with van der Waals surface area (Å²) >= 11 is 3.27. The first kappa shape index (κ1) is 8.56. The zero-order valence-electron chi connectivity index (χ0n) is 6.21. The quantitative estimate of drug-likeness (QED) is 0.706. The minimum absolute atomic E-state index is 0.453. The first-order chi connectivity index (χ1) is 5.11. The Morgan fingerprint density at radius 3 is 2.64 bits per heavy atom. The molecule has 0 spiro atoms. The summed E-state index contributed by atoms with van der Waals surface area (Å²) < 4.78 is 0.863. The molecular formula is C8H10BrNO. The fourth-order valence-corrected chi connectivity index (χ4v) is 1.07. The third-order valence-corrected chi connectivity index (χ3v) is 2.22. The highest BCUT2D eigenvalue weighted by Gasteiger charge is 2.01. The van der Waals surface area contributed by atoms with Crippen LogP contribution in [-0.2, 0) is 0 Å². The molecule has 0 bridgehead atoms. The first-order valence-corrected chi connectivity index (χ1v) is 4.13. The van der Waals surface area contributed by atoms with Gasteiger partial charge in [0.25, 0.3) is 0 Å². The van der Waals surface area contributed by atoms with Crippen LogP contribution < -0.4 is 5.73 Å². The van der Waals surface area contributed by atoms with Crippen LogP contribution in [0, 0.1) is 0 Å². The van der Waals surface area contributed by atoms with Crippen molar-refractivity contribution in [1.82, 2.24) is 0 Å². The molecule has 0 aliphatic rings. The number of halogens is 1. The van der Waals surface area contributed by atoms with Crippen molar-refractivity contribution in [3.63, 3.8) is 0 Å². The SMILES string of the molecule is CC(O)c1ccc(Br)c(N)c1. The van der Waals surface area contributed by atoms with Gasteiger partial charge < -0.3 is 10.8 Å². The van der Waals surface area contributed by atoms with Gasteiger partial charge in [-0.2, -0.15) is 0 Å². The number of hydrogen-bond donors (Lipinski definition) is 2. The fraction of sp³-hybridized carbons (Fsp3) is 0.250. The van der Waals surface area contributed by atoms with Gasteiger partial charge in [-0.3, -0.25) is 0 Å². The summed E-state index contributed by atoms with van der Waals surface area (Å²) in [6.45, 7) is 1.71. The molecule has 0 aliphatic carbocycles. The third kappa shape index (κ3) is 1.94. The predicted molar refractivity (Wildman–Crippen MR) is 49.2 cm³/mol. The number of rotatable bonds is 1. The van der Waals surface area contributed by atoms with E-state index < -0.39 is 6.10 Å². The lowest BCUT2D eigenvalue weighted by Crippen LogP contribution is -1.93. The summed E-state index contributed by atoms with van der Waals surface area (Å²) in [6, 6.07) is 5.43. The van der Waals surface area contributed by atoms with Gasteiger partial charge in [0.1, 0.15) is 0 Å². The molecule has 3 N–H and O–H groups in total. The molecule has 60 valence electrons. The van der Waals surface area contributed by atoms with E-state index in [-0.39, 0.29) is 0 Å². The molecule has 0 saturated carbocycles. The standard InChI is InChI=1S/C8H10BrNO/c1-5(11)6-2-3-7(9)8(10)4-6/h2-5,11H,10H2,1H3. The molecule has 11 heavy (non-hydrogen) atoms. The van der Waals surface area contributed by atoms with Crippen molar-refractivity contribution in [2.45, 2.75) is 13.0 Å². The molecule has 0 radical (unpaired) electrons. The van der Waals surface area contributed by atoms with Crippen LogP contribution in [0.5, 0.6) is 0 Å². The van der Waals surface area contributed by atoms with Gasteiger partial charge >= 0.3 is 0 Å². The average molecular weight is 216 g/mol. The molecule has 0 fully saturated rings. The van der Waals surface area contributed by atoms with Crippen LogP contribution in [0.1, 0.15) is 18.6 Å². The van der Waals surface area contributed by atoms with Crippen LogP contribution in [0.2, 0.25) is 0 Å². The number of anilines is 1. The molecule has 0 saturated heterocycles. The highest BCUT2D eigenvalue weighted by atomic mass is 79.9. The number of hydrogen-bond acceptors (Lipinski definition) is 2. The van der Waals surface area contributed by atoms with Crippen molar-refractivity contribution < 1.29 is 5.11 Å². The van der Waals surface area contributed by atoms with Gasteiger partial charge in [0.2, 0.25) is 0 Å². The van der Waals surface area contributed by atoms with E-state index in [0.29, 0.717) is 5.69 Å². The van der Waals surface area contributed by atoms with Crippen molar-refractivity contribution in [2.75, 3.05) is 5.73 Å². The zero-order valence-corrected chi connectivity index (χ0v) is 7.80. The minimum atomic E-state index is -0.453. The monoisotopic (exact) mass is 215 g/mol. The second kappa shape index (κ2) is 3.24. The van der Waals surface area contributed by atoms with E-state index in [9.17, 15) is 0 Å². The van der Waals surface area contributed by atoms with Crippen LogP contribution in [0.3, 0.4) is 0 Å². The average Bonchev–Trinajstić information content (AvgIpc) is 1.94. The molecule has 0 aliphatic heterocycles. The van der Waals surface area contributed by atoms with E-state index in [2.05, 4.69) is 15.9 Å². The summed E-state index contributed by atoms with van der Waals surface area (Å²) in [7, 11) is 0. The molecule has 1 rings (SSSR count). The van der Waals surface area contributed by atoms with E-state index >= 15 is 0 Å². The molecule has 0 aromatic heterocycles. The number of benzene rings is 1. The molecule has 0 heterocycles. The summed E-state index contributed by atoms with van der Waals surface area (Å²) in [4.78, 5) is 0. The van der Waals surface area contributed by atoms with Crippen LogP contribution in [-0.4, -0.2) is 5.11 Å². The highest BCUT2D eigenvalue weighted by molar-refractivity contribution is 9.10. The van der Waals surface area contributed by atoms with Gasteiger partial charge in [0, 0.05) is 10.2 Å². The molecule has 3 heteroatoms. The van der Waals surface area contributed by atoms with Crippen LogP contribution in [0.25, 0.3) is 0 Å². The first-order valence-electron chi connectivity index (χ1n) is 3.34. The van der Waals surface area contributed by atoms with E-state index in [4.69, 9.17) is 10.8 Å². The number of nitrogen functional groups attached to an aromatic ring is 1. The summed E-state index contributed by atoms with van der Waals surface area (Å²) in [5.74, 6) is 0. The summed E-state index contributed by atoms with van der Waals surface area (Å²) in [6.07, 6.45) is -0.453. The predicted octanol–water partition coefficient (Wildman–Crippen LogP) is 2.08. The Kier molecular flexibility index (Phi) is 2.52. The number of aliphatic hydroxyl groups is 1. The molecule has 1 aromatic carbocycles. The Balaban J connectivity index is 3.05. The van der Waals surface area contributed by atoms with Crippen LogP contribution >= 0.6 is 15.9 Å². The van der Waals surface area contributed by atoms with Crippen molar-refractivity contribution in [1.29, 1.82) is 0 Å². The fourth-order valence-electron chi connectivity index (χ4n) is 0.822. The zero-order chi connectivity index (χ0) is 8.43. The minimum Gasteiger partial charge on any atom is -0.398 e. The van der Waals surface area contributed by atoms with Gasteiger partial charge in [0.05, 0.1) is 6.10 Å². The summed E-state index contributed by atoms with van der Waals surface area (Å²) in [5.41, 5.74) is 7.09. The van der Waals surface area contributed by atoms with Gasteiger partial charge in [-0.1, -0.05) is 6.07 Å². The smallest absolute Gasteiger partial charge is 0.0762 e. The van der Waals surface area contributed by atoms with Gasteiger partial charge in [-0.25, -0.2) is 0 Å². The Morgan fingerprint density at radius 1 is 1.55 bits per heavy atom. The lowest BCUT2D eigenvalue weighted by atomic mass is 10.1. The normalized spacial score (nSPS) is 13.0. The lowest BCUT2D eigenvalue weighted by molar-refractivity contribution is 0.199. The van der Waals surface area contributed by atoms with E-state index in [1.165, 1.54) is 0 Å². The molecule has 1 aromatic rings. The second-order valence-electron chi connectivity index (χ2n) is 2.46. The Morgan fingerprint density at radius 2 is 2.18 bits per heavy atom. The van der Waals surface area contributed by atoms with Crippen LogP contribution in [0.4, 0.5) is 5.69 Å². The van der Waals surface area contributed by atoms with Gasteiger partial charge in [-0.05, 0) is 40.5 Å². The Hall–Kier alpha value is -0.540. The van der Waals surface area contributed by atoms with Gasteiger partial charge in [-0.15, -0.1) is 0 Å². The maximum absolute atomic E-state index is 9.17. The second-order valence-corrected chi connectivity index (χ2v) is 3.31. The maximum Gasteiger partial charge on any atom is 0.0762 e. The molecule has 1 atom stereocenters. The van der Waals surface area contributed by atoms with E-state index in [1.807, 2.05) is 12.1 Å². The maximum atomic E-state index is 9.17. The van der Waals surface area contributed by atoms with E-state index in [0.717, 1.165) is 10.0 Å². The molecular weight excluding hydrogens is 206 g/mol. The highest BCUT2D eigenvalue weighted by Crippen LogP contribution is 2.23. The van der Waals surface area contributed by atoms with Crippen LogP contribution in [0.15, 0.2) is 22.7 Å². The van der Waals surface area contributed by atoms with Gasteiger partial charge in [0.15, 0.2) is 0 Å². The third-order valence-electron chi connectivity index (χ3n) is 1.50. The molecule has 2 nitrogen and oxygen atoms in total. The van der Waals surface area contributed by atoms with Crippen molar-refractivity contribution in [3.05, 3.63) is 28.2 Å². The molecule has 0 amide bonds. The topological polar surface area (TPSA) is 46.2 Å². The van der Waals surface area contributed by atoms with Crippen molar-refractivity contribution in [3.8, 4) is 0 Å². The number of aliphatic hydroxyl groups excluding tert-OH is 1. The largest absolute Gasteiger partial charge is 0.398 e. The Bertz CT molecular complexity index is 260. The van der Waals surface area contributed by atoms with Crippen molar-refractivity contribution in [2.24, 2.45) is 0 Å². The summed E-state index contributed by atoms with van der Waals surface area (Å²) in [5, 5.41) is 9.17. The lowest BCUT2D eigenvalue weighted by Gasteiger charge is -2.05. The number of nitrogens with two attached hydrogens (primary N) is 1. The van der Waals surface area contributed by atoms with Crippen molar-refractivity contribution >= 4 is 21.6 Å². The van der Waals surface area contributed by atoms with E-state index in [1.54, 1.807) is 13.0 Å². The molecule has 1 unspecified atom stereocenters. The Labute approximate surface area is 74.2 Å².